The average molecular weight is 552 g/mol. The van der Waals surface area contributed by atoms with Crippen molar-refractivity contribution in [2.24, 2.45) is 0 Å². The summed E-state index contributed by atoms with van der Waals surface area (Å²) in [4.78, 5) is 28.6. The molecule has 0 bridgehead atoms. The van der Waals surface area contributed by atoms with E-state index in [0.29, 0.717) is 11.4 Å². The molecule has 0 saturated carbocycles. The molecule has 0 spiro atoms. The number of sulfonamides is 1. The molecule has 3 aromatic rings. The normalized spacial score (nSPS) is 12.1. The van der Waals surface area contributed by atoms with E-state index in [0.717, 1.165) is 27.3 Å². The molecule has 0 aliphatic heterocycles. The number of hydrogen-bond donors (Lipinski definition) is 1. The summed E-state index contributed by atoms with van der Waals surface area (Å²) in [5.41, 5.74) is 3.06. The number of carbonyl (C=O) groups is 2. The zero-order valence-corrected chi connectivity index (χ0v) is 23.9. The highest BCUT2D eigenvalue weighted by atomic mass is 32.2. The Labute approximate surface area is 231 Å². The molecule has 0 fully saturated rings. The van der Waals surface area contributed by atoms with E-state index < -0.39 is 28.5 Å². The van der Waals surface area contributed by atoms with E-state index >= 15 is 0 Å². The fourth-order valence-corrected chi connectivity index (χ4v) is 5.18. The lowest BCUT2D eigenvalue weighted by Crippen LogP contribution is -2.52. The number of methoxy groups -OCH3 is 1. The third kappa shape index (κ3) is 8.07. The fraction of sp³-hybridized carbons (Fsp3) is 0.333. The van der Waals surface area contributed by atoms with Crippen molar-refractivity contribution in [3.8, 4) is 5.75 Å². The van der Waals surface area contributed by atoms with E-state index in [1.54, 1.807) is 31.4 Å². The molecule has 8 nitrogen and oxygen atoms in total. The maximum absolute atomic E-state index is 14.0. The van der Waals surface area contributed by atoms with Crippen LogP contribution in [-0.4, -0.2) is 58.1 Å². The molecule has 1 atom stereocenters. The lowest BCUT2D eigenvalue weighted by atomic mass is 10.0. The third-order valence-corrected chi connectivity index (χ3v) is 7.67. The zero-order valence-electron chi connectivity index (χ0n) is 23.1. The highest BCUT2D eigenvalue weighted by Crippen LogP contribution is 2.24. The van der Waals surface area contributed by atoms with E-state index in [-0.39, 0.29) is 24.8 Å². The van der Waals surface area contributed by atoms with Gasteiger partial charge in [-0.1, -0.05) is 68.4 Å². The van der Waals surface area contributed by atoms with Crippen LogP contribution in [-0.2, 0) is 32.6 Å². The van der Waals surface area contributed by atoms with Gasteiger partial charge in [-0.15, -0.1) is 0 Å². The summed E-state index contributed by atoms with van der Waals surface area (Å²) in [6, 6.07) is 22.9. The van der Waals surface area contributed by atoms with Crippen molar-refractivity contribution >= 4 is 27.5 Å². The van der Waals surface area contributed by atoms with Crippen molar-refractivity contribution in [1.82, 2.24) is 10.2 Å². The summed E-state index contributed by atoms with van der Waals surface area (Å²) in [7, 11) is -0.732. The Bertz CT molecular complexity index is 1360. The second-order valence-corrected chi connectivity index (χ2v) is 11.6. The van der Waals surface area contributed by atoms with E-state index in [1.165, 1.54) is 11.9 Å². The molecular weight excluding hydrogens is 514 g/mol. The van der Waals surface area contributed by atoms with Crippen molar-refractivity contribution in [2.75, 3.05) is 31.3 Å². The molecule has 3 aromatic carbocycles. The number of amides is 2. The summed E-state index contributed by atoms with van der Waals surface area (Å²) in [6.07, 6.45) is 1.33. The number of anilines is 1. The van der Waals surface area contributed by atoms with Gasteiger partial charge in [-0.25, -0.2) is 8.42 Å². The number of carbonyl (C=O) groups excluding carboxylic acids is 2. The van der Waals surface area contributed by atoms with Gasteiger partial charge in [0, 0.05) is 20.0 Å². The van der Waals surface area contributed by atoms with Gasteiger partial charge >= 0.3 is 0 Å². The first-order chi connectivity index (χ1) is 18.5. The standard InChI is InChI=1S/C30H37N3O5S/c1-22(2)25-14-16-26(17-15-25)33(39(5,36)37)21-29(34)32(20-24-12-9-13-27(18-24)38-4)28(30(35)31-3)19-23-10-7-6-8-11-23/h6-18,22,28H,19-21H2,1-5H3,(H,31,35)/t28-/m1/s1. The molecule has 208 valence electrons. The van der Waals surface area contributed by atoms with Gasteiger partial charge in [0.2, 0.25) is 21.8 Å². The third-order valence-electron chi connectivity index (χ3n) is 6.53. The van der Waals surface area contributed by atoms with Gasteiger partial charge in [0.25, 0.3) is 0 Å². The Balaban J connectivity index is 2.02. The Morgan fingerprint density at radius 2 is 1.56 bits per heavy atom. The number of nitrogens with zero attached hydrogens (tertiary/aromatic N) is 2. The smallest absolute Gasteiger partial charge is 0.244 e. The largest absolute Gasteiger partial charge is 0.497 e. The van der Waals surface area contributed by atoms with Gasteiger partial charge in [0.1, 0.15) is 18.3 Å². The summed E-state index contributed by atoms with van der Waals surface area (Å²) in [5.74, 6) is 0.0440. The summed E-state index contributed by atoms with van der Waals surface area (Å²) in [6.45, 7) is 3.74. The molecule has 0 aliphatic rings. The van der Waals surface area contributed by atoms with Crippen LogP contribution in [0.1, 0.15) is 36.5 Å². The molecule has 2 amide bonds. The van der Waals surface area contributed by atoms with Crippen molar-refractivity contribution in [1.29, 1.82) is 0 Å². The van der Waals surface area contributed by atoms with E-state index in [9.17, 15) is 18.0 Å². The molecule has 1 N–H and O–H groups in total. The first-order valence-corrected chi connectivity index (χ1v) is 14.6. The minimum absolute atomic E-state index is 0.0881. The number of nitrogens with one attached hydrogen (secondary N) is 1. The molecular formula is C30H37N3O5S. The Morgan fingerprint density at radius 3 is 2.13 bits per heavy atom. The van der Waals surface area contributed by atoms with Crippen LogP contribution in [0.25, 0.3) is 0 Å². The Kier molecular flexibility index (Phi) is 10.1. The molecule has 0 unspecified atom stereocenters. The topological polar surface area (TPSA) is 96.0 Å². The number of ether oxygens (including phenoxy) is 1. The van der Waals surface area contributed by atoms with Crippen molar-refractivity contribution in [3.05, 3.63) is 95.6 Å². The molecule has 39 heavy (non-hydrogen) atoms. The van der Waals surface area contributed by atoms with Crippen LogP contribution in [0.4, 0.5) is 5.69 Å². The zero-order chi connectivity index (χ0) is 28.6. The lowest BCUT2D eigenvalue weighted by molar-refractivity contribution is -0.139. The van der Waals surface area contributed by atoms with Crippen LogP contribution in [0.3, 0.4) is 0 Å². The molecule has 0 radical (unpaired) electrons. The first kappa shape index (κ1) is 29.7. The van der Waals surface area contributed by atoms with Crippen molar-refractivity contribution in [2.45, 2.75) is 38.8 Å². The fourth-order valence-electron chi connectivity index (χ4n) is 4.33. The Hall–Kier alpha value is -3.85. The van der Waals surface area contributed by atoms with Crippen LogP contribution in [0, 0.1) is 0 Å². The van der Waals surface area contributed by atoms with Crippen molar-refractivity contribution < 1.29 is 22.7 Å². The maximum atomic E-state index is 14.0. The molecule has 0 heterocycles. The molecule has 0 aliphatic carbocycles. The Morgan fingerprint density at radius 1 is 0.923 bits per heavy atom. The summed E-state index contributed by atoms with van der Waals surface area (Å²) >= 11 is 0. The van der Waals surface area contributed by atoms with Gasteiger partial charge in [0.05, 0.1) is 19.1 Å². The van der Waals surface area contributed by atoms with E-state index in [2.05, 4.69) is 19.2 Å². The van der Waals surface area contributed by atoms with Crippen LogP contribution in [0.15, 0.2) is 78.9 Å². The number of rotatable bonds is 12. The van der Waals surface area contributed by atoms with Crippen LogP contribution < -0.4 is 14.4 Å². The monoisotopic (exact) mass is 551 g/mol. The average Bonchev–Trinajstić information content (AvgIpc) is 2.93. The minimum Gasteiger partial charge on any atom is -0.497 e. The quantitative estimate of drug-likeness (QED) is 0.368. The van der Waals surface area contributed by atoms with Gasteiger partial charge in [-0.05, 0) is 46.9 Å². The number of hydrogen-bond acceptors (Lipinski definition) is 5. The highest BCUT2D eigenvalue weighted by molar-refractivity contribution is 7.92. The summed E-state index contributed by atoms with van der Waals surface area (Å²) in [5, 5.41) is 2.67. The van der Waals surface area contributed by atoms with E-state index in [4.69, 9.17) is 4.74 Å². The molecule has 3 rings (SSSR count). The SMILES string of the molecule is CNC(=O)[C@@H](Cc1ccccc1)N(Cc1cccc(OC)c1)C(=O)CN(c1ccc(C(C)C)cc1)S(C)(=O)=O. The molecule has 0 aromatic heterocycles. The van der Waals surface area contributed by atoms with Gasteiger partial charge in [-0.3, -0.25) is 13.9 Å². The second-order valence-electron chi connectivity index (χ2n) is 9.71. The van der Waals surface area contributed by atoms with Crippen LogP contribution in [0.5, 0.6) is 5.75 Å². The van der Waals surface area contributed by atoms with Gasteiger partial charge < -0.3 is 15.0 Å². The predicted octanol–water partition coefficient (Wildman–Crippen LogP) is 3.97. The highest BCUT2D eigenvalue weighted by Gasteiger charge is 2.32. The van der Waals surface area contributed by atoms with Gasteiger partial charge in [-0.2, -0.15) is 0 Å². The predicted molar refractivity (Wildman–Crippen MR) is 154 cm³/mol. The first-order valence-electron chi connectivity index (χ1n) is 12.8. The van der Waals surface area contributed by atoms with E-state index in [1.807, 2.05) is 54.6 Å². The van der Waals surface area contributed by atoms with Gasteiger partial charge in [0.15, 0.2) is 0 Å². The number of benzene rings is 3. The second kappa shape index (κ2) is 13.3. The minimum atomic E-state index is -3.81. The summed E-state index contributed by atoms with van der Waals surface area (Å²) < 4.78 is 32.2. The lowest BCUT2D eigenvalue weighted by Gasteiger charge is -2.33. The number of likely N-dealkylation sites (N-methyl/N-ethyl adjacent to an activating group) is 1. The maximum Gasteiger partial charge on any atom is 0.244 e. The van der Waals surface area contributed by atoms with Crippen molar-refractivity contribution in [3.63, 3.8) is 0 Å². The van der Waals surface area contributed by atoms with Crippen LogP contribution in [0.2, 0.25) is 0 Å². The van der Waals surface area contributed by atoms with Crippen LogP contribution >= 0.6 is 0 Å². The molecule has 0 saturated heterocycles. The molecule has 9 heteroatoms.